The minimum absolute atomic E-state index is 0.0401. The van der Waals surface area contributed by atoms with E-state index in [1.165, 1.54) is 77.1 Å². The van der Waals surface area contributed by atoms with Gasteiger partial charge in [0.05, 0.1) is 11.4 Å². The van der Waals surface area contributed by atoms with E-state index in [2.05, 4.69) is 212 Å². The molecule has 0 aliphatic rings. The highest BCUT2D eigenvalue weighted by atomic mass is 15.2. The van der Waals surface area contributed by atoms with E-state index >= 15 is 0 Å². The molecule has 270 valence electrons. The van der Waals surface area contributed by atoms with Crippen LogP contribution in [0.15, 0.2) is 133 Å². The molecule has 0 atom stereocenters. The maximum absolute atomic E-state index is 2.49. The molecule has 0 aromatic heterocycles. The number of nitrogens with zero attached hydrogens (tertiary/aromatic N) is 2. The molecule has 0 radical (unpaired) electrons. The molecule has 0 spiro atoms. The number of rotatable bonds is 6. The Morgan fingerprint density at radius 1 is 0.315 bits per heavy atom. The molecule has 0 heterocycles. The quantitative estimate of drug-likeness (QED) is 0.159. The summed E-state index contributed by atoms with van der Waals surface area (Å²) >= 11 is 0. The van der Waals surface area contributed by atoms with Gasteiger partial charge in [-0.2, -0.15) is 0 Å². The Morgan fingerprint density at radius 3 is 1.00 bits per heavy atom. The highest BCUT2D eigenvalue weighted by Gasteiger charge is 2.29. The van der Waals surface area contributed by atoms with Crippen molar-refractivity contribution in [2.75, 3.05) is 9.80 Å². The standard InChI is InChI=1S/C52H52N2/c1-33-11-19-37(20-12-33)53(38-21-13-34(2)14-22-38)47-31-44-46(52(8,9)10)32-48(54(39-23-15-35(3)16-24-39)40-25-17-36(4)18-26-40)42-28-27-41-45(51(5,6)7)30-29-43(47)49(41)50(42)44/h11-32H,1-10H3. The number of benzene rings is 8. The van der Waals surface area contributed by atoms with Gasteiger partial charge in [0.2, 0.25) is 0 Å². The van der Waals surface area contributed by atoms with E-state index in [1.54, 1.807) is 0 Å². The molecule has 0 saturated heterocycles. The van der Waals surface area contributed by atoms with E-state index in [4.69, 9.17) is 0 Å². The van der Waals surface area contributed by atoms with Crippen LogP contribution in [0.25, 0.3) is 32.3 Å². The van der Waals surface area contributed by atoms with Crippen LogP contribution in [-0.4, -0.2) is 0 Å². The van der Waals surface area contributed by atoms with Gasteiger partial charge in [-0.1, -0.05) is 137 Å². The third kappa shape index (κ3) is 6.18. The van der Waals surface area contributed by atoms with Crippen LogP contribution in [0, 0.1) is 27.7 Å². The van der Waals surface area contributed by atoms with Crippen molar-refractivity contribution in [1.29, 1.82) is 0 Å². The third-order valence-corrected chi connectivity index (χ3v) is 11.1. The summed E-state index contributed by atoms with van der Waals surface area (Å²) in [6.45, 7) is 22.8. The van der Waals surface area contributed by atoms with Crippen molar-refractivity contribution in [2.45, 2.75) is 80.1 Å². The van der Waals surface area contributed by atoms with Gasteiger partial charge in [0.15, 0.2) is 0 Å². The topological polar surface area (TPSA) is 6.48 Å². The van der Waals surface area contributed by atoms with E-state index < -0.39 is 0 Å². The summed E-state index contributed by atoms with van der Waals surface area (Å²) in [6, 6.07) is 50.5. The van der Waals surface area contributed by atoms with Crippen molar-refractivity contribution in [2.24, 2.45) is 0 Å². The fourth-order valence-corrected chi connectivity index (χ4v) is 8.22. The smallest absolute Gasteiger partial charge is 0.0546 e. The number of hydrogen-bond donors (Lipinski definition) is 0. The van der Waals surface area contributed by atoms with Crippen molar-refractivity contribution < 1.29 is 0 Å². The Bertz CT molecular complexity index is 2520. The normalized spacial score (nSPS) is 12.3. The molecule has 8 aromatic rings. The van der Waals surface area contributed by atoms with Gasteiger partial charge in [-0.3, -0.25) is 0 Å². The van der Waals surface area contributed by atoms with Crippen LogP contribution < -0.4 is 9.80 Å². The summed E-state index contributed by atoms with van der Waals surface area (Å²) in [4.78, 5) is 4.94. The predicted molar refractivity (Wildman–Crippen MR) is 236 cm³/mol. The average molecular weight is 705 g/mol. The first-order chi connectivity index (χ1) is 25.7. The van der Waals surface area contributed by atoms with Gasteiger partial charge in [-0.15, -0.1) is 0 Å². The molecule has 0 bridgehead atoms. The van der Waals surface area contributed by atoms with Crippen LogP contribution in [0.4, 0.5) is 34.1 Å². The van der Waals surface area contributed by atoms with E-state index in [1.807, 2.05) is 0 Å². The summed E-state index contributed by atoms with van der Waals surface area (Å²) in [6.07, 6.45) is 0. The van der Waals surface area contributed by atoms with Crippen LogP contribution in [0.2, 0.25) is 0 Å². The lowest BCUT2D eigenvalue weighted by atomic mass is 9.77. The van der Waals surface area contributed by atoms with E-state index in [0.717, 1.165) is 22.7 Å². The molecule has 0 N–H and O–H groups in total. The molecule has 8 rings (SSSR count). The second-order valence-electron chi connectivity index (χ2n) is 17.5. The number of aryl methyl sites for hydroxylation is 4. The number of anilines is 6. The van der Waals surface area contributed by atoms with Crippen molar-refractivity contribution in [3.63, 3.8) is 0 Å². The maximum atomic E-state index is 2.49. The Balaban J connectivity index is 1.55. The Labute approximate surface area is 322 Å². The molecule has 0 aliphatic carbocycles. The third-order valence-electron chi connectivity index (χ3n) is 11.1. The van der Waals surface area contributed by atoms with Gasteiger partial charge >= 0.3 is 0 Å². The predicted octanol–water partition coefficient (Wildman–Crippen LogP) is 15.4. The van der Waals surface area contributed by atoms with Crippen molar-refractivity contribution in [1.82, 2.24) is 0 Å². The zero-order chi connectivity index (χ0) is 38.1. The van der Waals surface area contributed by atoms with E-state index in [-0.39, 0.29) is 10.8 Å². The monoisotopic (exact) mass is 704 g/mol. The molecule has 54 heavy (non-hydrogen) atoms. The van der Waals surface area contributed by atoms with Crippen LogP contribution >= 0.6 is 0 Å². The van der Waals surface area contributed by atoms with Gasteiger partial charge in [0.25, 0.3) is 0 Å². The highest BCUT2D eigenvalue weighted by molar-refractivity contribution is 6.30. The van der Waals surface area contributed by atoms with Gasteiger partial charge in [0.1, 0.15) is 0 Å². The molecule has 0 fully saturated rings. The largest absolute Gasteiger partial charge is 0.310 e. The van der Waals surface area contributed by atoms with Crippen molar-refractivity contribution in [3.05, 3.63) is 167 Å². The molecule has 8 aromatic carbocycles. The number of hydrogen-bond acceptors (Lipinski definition) is 2. The molecule has 0 aliphatic heterocycles. The second kappa shape index (κ2) is 13.1. The fraction of sp³-hybridized carbons (Fsp3) is 0.231. The molecule has 2 nitrogen and oxygen atoms in total. The lowest BCUT2D eigenvalue weighted by Gasteiger charge is -2.34. The van der Waals surface area contributed by atoms with Crippen molar-refractivity contribution >= 4 is 66.4 Å². The first-order valence-electron chi connectivity index (χ1n) is 19.4. The van der Waals surface area contributed by atoms with Crippen LogP contribution in [0.5, 0.6) is 0 Å². The molecule has 0 unspecified atom stereocenters. The zero-order valence-electron chi connectivity index (χ0n) is 33.6. The second-order valence-corrected chi connectivity index (χ2v) is 17.5. The Morgan fingerprint density at radius 2 is 0.630 bits per heavy atom. The molecular formula is C52H52N2. The SMILES string of the molecule is Cc1ccc(N(c2ccc(C)cc2)c2cc3c(C(C)(C)C)cc(N(c4ccc(C)cc4)c4ccc(C)cc4)c4ccc5c(C(C)(C)C)ccc2c5c43)cc1. The lowest BCUT2D eigenvalue weighted by Crippen LogP contribution is -2.17. The zero-order valence-corrected chi connectivity index (χ0v) is 33.6. The van der Waals surface area contributed by atoms with Crippen LogP contribution in [0.3, 0.4) is 0 Å². The van der Waals surface area contributed by atoms with Gasteiger partial charge in [0, 0.05) is 33.5 Å². The van der Waals surface area contributed by atoms with Gasteiger partial charge < -0.3 is 9.80 Å². The van der Waals surface area contributed by atoms with Crippen LogP contribution in [0.1, 0.15) is 74.9 Å². The summed E-state index contributed by atoms with van der Waals surface area (Å²) in [7, 11) is 0. The fourth-order valence-electron chi connectivity index (χ4n) is 8.22. The first-order valence-corrected chi connectivity index (χ1v) is 19.4. The van der Waals surface area contributed by atoms with E-state index in [9.17, 15) is 0 Å². The van der Waals surface area contributed by atoms with Crippen molar-refractivity contribution in [3.8, 4) is 0 Å². The molecule has 0 saturated carbocycles. The summed E-state index contributed by atoms with van der Waals surface area (Å²) < 4.78 is 0. The van der Waals surface area contributed by atoms with E-state index in [0.29, 0.717) is 0 Å². The molecule has 0 amide bonds. The average Bonchev–Trinajstić information content (AvgIpc) is 3.13. The molecule has 2 heteroatoms. The highest BCUT2D eigenvalue weighted by Crippen LogP contribution is 2.52. The lowest BCUT2D eigenvalue weighted by molar-refractivity contribution is 0.595. The Kier molecular flexibility index (Phi) is 8.57. The summed E-state index contributed by atoms with van der Waals surface area (Å²) in [5, 5.41) is 7.80. The first kappa shape index (κ1) is 35.4. The van der Waals surface area contributed by atoms with Gasteiger partial charge in [-0.25, -0.2) is 0 Å². The minimum Gasteiger partial charge on any atom is -0.310 e. The van der Waals surface area contributed by atoms with Gasteiger partial charge in [-0.05, 0) is 132 Å². The Hall–Kier alpha value is -5.60. The van der Waals surface area contributed by atoms with Crippen LogP contribution in [-0.2, 0) is 10.8 Å². The summed E-state index contributed by atoms with van der Waals surface area (Å²) in [5.41, 5.74) is 14.5. The summed E-state index contributed by atoms with van der Waals surface area (Å²) in [5.74, 6) is 0. The minimum atomic E-state index is -0.147. The molecular weight excluding hydrogens is 653 g/mol. The maximum Gasteiger partial charge on any atom is 0.0546 e.